The highest BCUT2D eigenvalue weighted by atomic mass is 32.2. The van der Waals surface area contributed by atoms with Gasteiger partial charge in [-0.25, -0.2) is 0 Å². The van der Waals surface area contributed by atoms with Crippen LogP contribution in [0.2, 0.25) is 0 Å². The van der Waals surface area contributed by atoms with E-state index in [0.29, 0.717) is 11.7 Å². The molecule has 20 heavy (non-hydrogen) atoms. The van der Waals surface area contributed by atoms with E-state index < -0.39 is 10.8 Å². The van der Waals surface area contributed by atoms with Gasteiger partial charge in [-0.3, -0.25) is 4.21 Å². The third-order valence-electron chi connectivity index (χ3n) is 3.28. The molecule has 0 aliphatic rings. The summed E-state index contributed by atoms with van der Waals surface area (Å²) in [5.41, 5.74) is 3.55. The quantitative estimate of drug-likeness (QED) is 0.876. The SMILES string of the molecule is C[C@H](CNc1cccc(C[S@@](C)=O)c1)c1ccccc1. The second-order valence-corrected chi connectivity index (χ2v) is 6.55. The maximum Gasteiger partial charge on any atom is 0.0483 e. The van der Waals surface area contributed by atoms with Crippen LogP contribution in [0.3, 0.4) is 0 Å². The molecule has 0 aliphatic carbocycles. The Balaban J connectivity index is 1.95. The van der Waals surface area contributed by atoms with Gasteiger partial charge in [-0.2, -0.15) is 0 Å². The molecule has 0 unspecified atom stereocenters. The smallest absolute Gasteiger partial charge is 0.0483 e. The topological polar surface area (TPSA) is 29.1 Å². The molecule has 0 aromatic heterocycles. The molecule has 0 saturated heterocycles. The van der Waals surface area contributed by atoms with Crippen LogP contribution in [0.15, 0.2) is 54.6 Å². The van der Waals surface area contributed by atoms with Crippen LogP contribution in [-0.2, 0) is 16.6 Å². The lowest BCUT2D eigenvalue weighted by Gasteiger charge is -2.14. The first kappa shape index (κ1) is 14.8. The van der Waals surface area contributed by atoms with Crippen LogP contribution in [0.5, 0.6) is 0 Å². The molecule has 1 N–H and O–H groups in total. The summed E-state index contributed by atoms with van der Waals surface area (Å²) < 4.78 is 11.3. The minimum Gasteiger partial charge on any atom is -0.384 e. The van der Waals surface area contributed by atoms with Gasteiger partial charge in [0.05, 0.1) is 0 Å². The fraction of sp³-hybridized carbons (Fsp3) is 0.294. The van der Waals surface area contributed by atoms with Crippen LogP contribution < -0.4 is 5.32 Å². The molecule has 0 radical (unpaired) electrons. The van der Waals surface area contributed by atoms with Gasteiger partial charge in [0.1, 0.15) is 0 Å². The highest BCUT2D eigenvalue weighted by Crippen LogP contribution is 2.17. The van der Waals surface area contributed by atoms with E-state index in [0.717, 1.165) is 17.8 Å². The van der Waals surface area contributed by atoms with Crippen LogP contribution in [0.1, 0.15) is 24.0 Å². The molecule has 2 aromatic carbocycles. The van der Waals surface area contributed by atoms with Crippen LogP contribution in [0.25, 0.3) is 0 Å². The normalized spacial score (nSPS) is 13.7. The maximum atomic E-state index is 11.3. The number of hydrogen-bond donors (Lipinski definition) is 1. The zero-order valence-corrected chi connectivity index (χ0v) is 12.8. The van der Waals surface area contributed by atoms with Crippen LogP contribution in [0, 0.1) is 0 Å². The molecule has 0 heterocycles. The average molecular weight is 287 g/mol. The molecule has 2 nitrogen and oxygen atoms in total. The summed E-state index contributed by atoms with van der Waals surface area (Å²) in [6, 6.07) is 18.7. The van der Waals surface area contributed by atoms with E-state index in [1.165, 1.54) is 5.56 Å². The fourth-order valence-corrected chi connectivity index (χ4v) is 2.83. The first-order valence-electron chi connectivity index (χ1n) is 6.83. The number of rotatable bonds is 6. The summed E-state index contributed by atoms with van der Waals surface area (Å²) >= 11 is 0. The van der Waals surface area contributed by atoms with E-state index in [1.54, 1.807) is 6.26 Å². The molecule has 0 spiro atoms. The molecule has 0 amide bonds. The summed E-state index contributed by atoms with van der Waals surface area (Å²) in [5, 5.41) is 3.46. The molecule has 0 bridgehead atoms. The largest absolute Gasteiger partial charge is 0.384 e. The molecule has 106 valence electrons. The van der Waals surface area contributed by atoms with Gasteiger partial charge in [-0.05, 0) is 29.2 Å². The maximum absolute atomic E-state index is 11.3. The van der Waals surface area contributed by atoms with Crippen molar-refractivity contribution >= 4 is 16.5 Å². The molecule has 3 heteroatoms. The lowest BCUT2D eigenvalue weighted by molar-refractivity contribution is 0.686. The Hall–Kier alpha value is -1.61. The number of hydrogen-bond acceptors (Lipinski definition) is 2. The lowest BCUT2D eigenvalue weighted by Crippen LogP contribution is -2.10. The number of benzene rings is 2. The molecule has 0 saturated carbocycles. The standard InChI is InChI=1S/C17H21NOS/c1-14(16-8-4-3-5-9-16)12-18-17-10-6-7-15(11-17)13-20(2)19/h3-11,14,18H,12-13H2,1-2H3/t14-,20-/m1/s1. The summed E-state index contributed by atoms with van der Waals surface area (Å²) in [4.78, 5) is 0. The van der Waals surface area contributed by atoms with Gasteiger partial charge >= 0.3 is 0 Å². The molecule has 2 aromatic rings. The van der Waals surface area contributed by atoms with E-state index in [-0.39, 0.29) is 0 Å². The Labute approximate surface area is 123 Å². The van der Waals surface area contributed by atoms with Gasteiger partial charge in [0, 0.05) is 35.0 Å². The van der Waals surface area contributed by atoms with Crippen molar-refractivity contribution in [2.75, 3.05) is 18.1 Å². The third-order valence-corrected chi connectivity index (χ3v) is 4.02. The van der Waals surface area contributed by atoms with Crippen molar-refractivity contribution in [2.24, 2.45) is 0 Å². The first-order valence-corrected chi connectivity index (χ1v) is 8.55. The van der Waals surface area contributed by atoms with Crippen LogP contribution >= 0.6 is 0 Å². The van der Waals surface area contributed by atoms with Crippen molar-refractivity contribution in [1.29, 1.82) is 0 Å². The summed E-state index contributed by atoms with van der Waals surface area (Å²) in [7, 11) is -0.795. The average Bonchev–Trinajstić information content (AvgIpc) is 2.45. The number of nitrogens with one attached hydrogen (secondary N) is 1. The summed E-state index contributed by atoms with van der Waals surface area (Å²) in [6.45, 7) is 3.11. The Morgan fingerprint density at radius 3 is 2.55 bits per heavy atom. The predicted molar refractivity (Wildman–Crippen MR) is 87.6 cm³/mol. The highest BCUT2D eigenvalue weighted by Gasteiger charge is 2.05. The zero-order chi connectivity index (χ0) is 14.4. The van der Waals surface area contributed by atoms with Crippen molar-refractivity contribution in [1.82, 2.24) is 0 Å². The fourth-order valence-electron chi connectivity index (χ4n) is 2.18. The first-order chi connectivity index (χ1) is 9.65. The van der Waals surface area contributed by atoms with Gasteiger partial charge in [0.2, 0.25) is 0 Å². The Bertz CT molecular complexity index is 568. The summed E-state index contributed by atoms with van der Waals surface area (Å²) in [5.74, 6) is 1.07. The molecule has 2 rings (SSSR count). The molecule has 0 aliphatic heterocycles. The molecular formula is C17H21NOS. The van der Waals surface area contributed by atoms with E-state index in [1.807, 2.05) is 18.2 Å². The Morgan fingerprint density at radius 1 is 1.10 bits per heavy atom. The van der Waals surface area contributed by atoms with Crippen LogP contribution in [-0.4, -0.2) is 17.0 Å². The Kier molecular flexibility index (Phi) is 5.36. The monoisotopic (exact) mass is 287 g/mol. The molecular weight excluding hydrogens is 266 g/mol. The van der Waals surface area contributed by atoms with Crippen molar-refractivity contribution in [2.45, 2.75) is 18.6 Å². The predicted octanol–water partition coefficient (Wildman–Crippen LogP) is 3.78. The van der Waals surface area contributed by atoms with Gasteiger partial charge in [0.25, 0.3) is 0 Å². The van der Waals surface area contributed by atoms with Crippen molar-refractivity contribution in [3.8, 4) is 0 Å². The minimum atomic E-state index is -0.795. The van der Waals surface area contributed by atoms with E-state index in [4.69, 9.17) is 0 Å². The highest BCUT2D eigenvalue weighted by molar-refractivity contribution is 7.83. The lowest BCUT2D eigenvalue weighted by atomic mass is 10.0. The second kappa shape index (κ2) is 7.25. The van der Waals surface area contributed by atoms with Gasteiger partial charge < -0.3 is 5.32 Å². The minimum absolute atomic E-state index is 0.458. The van der Waals surface area contributed by atoms with E-state index in [2.05, 4.69) is 48.6 Å². The van der Waals surface area contributed by atoms with E-state index >= 15 is 0 Å². The van der Waals surface area contributed by atoms with Gasteiger partial charge in [-0.1, -0.05) is 49.4 Å². The molecule has 0 fully saturated rings. The Morgan fingerprint density at radius 2 is 1.85 bits per heavy atom. The van der Waals surface area contributed by atoms with Gasteiger partial charge in [-0.15, -0.1) is 0 Å². The van der Waals surface area contributed by atoms with Crippen molar-refractivity contribution in [3.05, 3.63) is 65.7 Å². The summed E-state index contributed by atoms with van der Waals surface area (Å²) in [6.07, 6.45) is 1.73. The molecule has 2 atom stereocenters. The number of anilines is 1. The van der Waals surface area contributed by atoms with E-state index in [9.17, 15) is 4.21 Å². The van der Waals surface area contributed by atoms with Gasteiger partial charge in [0.15, 0.2) is 0 Å². The zero-order valence-electron chi connectivity index (χ0n) is 12.0. The van der Waals surface area contributed by atoms with Crippen molar-refractivity contribution < 1.29 is 4.21 Å². The van der Waals surface area contributed by atoms with Crippen molar-refractivity contribution in [3.63, 3.8) is 0 Å². The third kappa shape index (κ3) is 4.49. The van der Waals surface area contributed by atoms with Crippen LogP contribution in [0.4, 0.5) is 5.69 Å². The second-order valence-electron chi connectivity index (χ2n) is 5.11.